The number of pyridine rings is 1. The van der Waals surface area contributed by atoms with E-state index in [9.17, 15) is 0 Å². The maximum Gasteiger partial charge on any atom is 0.141 e. The largest absolute Gasteiger partial charge is 0.381 e. The van der Waals surface area contributed by atoms with E-state index in [1.165, 1.54) is 71.7 Å². The SMILES string of the molecule is Bc1ccc(C2(CCNC3Cc4cccc(Br)c4C3)CCCC3(CCOCC3)C2)nc1. The van der Waals surface area contributed by atoms with E-state index in [1.54, 1.807) is 0 Å². The van der Waals surface area contributed by atoms with E-state index >= 15 is 0 Å². The molecule has 1 spiro atoms. The van der Waals surface area contributed by atoms with Gasteiger partial charge >= 0.3 is 0 Å². The van der Waals surface area contributed by atoms with Crippen LogP contribution < -0.4 is 10.8 Å². The van der Waals surface area contributed by atoms with Crippen molar-refractivity contribution in [1.29, 1.82) is 0 Å². The Kier molecular flexibility index (Phi) is 6.29. The monoisotopic (exact) mass is 480 g/mol. The molecule has 0 radical (unpaired) electrons. The highest BCUT2D eigenvalue weighted by Gasteiger charge is 2.46. The predicted molar refractivity (Wildman–Crippen MR) is 133 cm³/mol. The van der Waals surface area contributed by atoms with Crippen molar-refractivity contribution in [2.75, 3.05) is 19.8 Å². The molecule has 0 amide bonds. The van der Waals surface area contributed by atoms with E-state index in [0.717, 1.165) is 32.6 Å². The molecule has 5 rings (SSSR count). The molecule has 1 aromatic carbocycles. The number of halogens is 1. The van der Waals surface area contributed by atoms with Gasteiger partial charge in [0.1, 0.15) is 7.85 Å². The van der Waals surface area contributed by atoms with E-state index < -0.39 is 0 Å². The summed E-state index contributed by atoms with van der Waals surface area (Å²) in [6.45, 7) is 2.94. The summed E-state index contributed by atoms with van der Waals surface area (Å²) in [5, 5.41) is 3.93. The summed E-state index contributed by atoms with van der Waals surface area (Å²) >= 11 is 3.74. The first-order valence-corrected chi connectivity index (χ1v) is 12.9. The average Bonchev–Trinajstić information content (AvgIpc) is 3.19. The number of benzene rings is 1. The van der Waals surface area contributed by atoms with Crippen molar-refractivity contribution in [3.63, 3.8) is 0 Å². The van der Waals surface area contributed by atoms with Crippen molar-refractivity contribution in [2.45, 2.75) is 69.2 Å². The smallest absolute Gasteiger partial charge is 0.141 e. The second-order valence-corrected chi connectivity index (χ2v) is 11.2. The molecule has 3 nitrogen and oxygen atoms in total. The first-order valence-electron chi connectivity index (χ1n) is 12.1. The predicted octanol–water partition coefficient (Wildman–Crippen LogP) is 3.86. The molecule has 1 saturated carbocycles. The Morgan fingerprint density at radius 1 is 1.10 bits per heavy atom. The summed E-state index contributed by atoms with van der Waals surface area (Å²) in [5.41, 5.74) is 6.22. The number of ether oxygens (including phenoxy) is 1. The summed E-state index contributed by atoms with van der Waals surface area (Å²) in [6, 6.07) is 11.8. The van der Waals surface area contributed by atoms with Crippen LogP contribution in [0.25, 0.3) is 0 Å². The molecule has 0 bridgehead atoms. The van der Waals surface area contributed by atoms with Gasteiger partial charge in [0, 0.05) is 41.0 Å². The van der Waals surface area contributed by atoms with Gasteiger partial charge in [-0.05, 0) is 86.6 Å². The van der Waals surface area contributed by atoms with Crippen LogP contribution in [-0.2, 0) is 23.0 Å². The van der Waals surface area contributed by atoms with Gasteiger partial charge in [-0.2, -0.15) is 0 Å². The fraction of sp³-hybridized carbons (Fsp3) is 0.577. The summed E-state index contributed by atoms with van der Waals surface area (Å²) in [5.74, 6) is 0. The number of nitrogens with one attached hydrogen (secondary N) is 1. The molecule has 2 fully saturated rings. The zero-order chi connectivity index (χ0) is 21.3. The number of hydrogen-bond donors (Lipinski definition) is 1. The maximum atomic E-state index is 5.74. The van der Waals surface area contributed by atoms with Crippen molar-refractivity contribution in [3.8, 4) is 0 Å². The van der Waals surface area contributed by atoms with Gasteiger partial charge in [0.2, 0.25) is 0 Å². The lowest BCUT2D eigenvalue weighted by atomic mass is 9.57. The van der Waals surface area contributed by atoms with E-state index in [1.807, 2.05) is 0 Å². The molecule has 2 aromatic rings. The Hall–Kier alpha value is -1.17. The van der Waals surface area contributed by atoms with Gasteiger partial charge in [-0.3, -0.25) is 4.98 Å². The highest BCUT2D eigenvalue weighted by atomic mass is 79.9. The molecular weight excluding hydrogens is 447 g/mol. The standard InChI is InChI=1S/C26H34BBrN2O/c27-20-5-6-24(30-17-20)26(8-2-7-25(18-26)10-13-31-14-11-25)9-12-29-21-15-19-3-1-4-23(28)22(19)16-21/h1,3-6,17,21,29H,2,7-16,18,27H2. The lowest BCUT2D eigenvalue weighted by Crippen LogP contribution is -2.45. The van der Waals surface area contributed by atoms with Crippen LogP contribution in [0.3, 0.4) is 0 Å². The second-order valence-electron chi connectivity index (χ2n) is 10.3. The number of hydrogen-bond acceptors (Lipinski definition) is 3. The molecule has 2 unspecified atom stereocenters. The summed E-state index contributed by atoms with van der Waals surface area (Å²) < 4.78 is 7.01. The Bertz CT molecular complexity index is 907. The lowest BCUT2D eigenvalue weighted by Gasteiger charge is -2.50. The summed E-state index contributed by atoms with van der Waals surface area (Å²) in [4.78, 5) is 4.98. The molecule has 1 aromatic heterocycles. The maximum absolute atomic E-state index is 5.74. The quantitative estimate of drug-likeness (QED) is 0.659. The fourth-order valence-corrected chi connectivity index (χ4v) is 7.11. The third-order valence-electron chi connectivity index (χ3n) is 8.25. The highest BCUT2D eigenvalue weighted by molar-refractivity contribution is 9.10. The van der Waals surface area contributed by atoms with Gasteiger partial charge in [0.25, 0.3) is 0 Å². The Balaban J connectivity index is 1.31. The molecule has 3 aliphatic rings. The summed E-state index contributed by atoms with van der Waals surface area (Å²) in [6.07, 6.45) is 13.2. The molecule has 2 atom stereocenters. The van der Waals surface area contributed by atoms with Crippen LogP contribution in [0.5, 0.6) is 0 Å². The first kappa shape index (κ1) is 21.7. The van der Waals surface area contributed by atoms with Crippen LogP contribution >= 0.6 is 15.9 Å². The van der Waals surface area contributed by atoms with E-state index in [0.29, 0.717) is 11.5 Å². The third kappa shape index (κ3) is 4.51. The minimum Gasteiger partial charge on any atom is -0.381 e. The number of fused-ring (bicyclic) bond motifs is 1. The number of nitrogens with zero attached hydrogens (tertiary/aromatic N) is 1. The Morgan fingerprint density at radius 3 is 2.74 bits per heavy atom. The van der Waals surface area contributed by atoms with Crippen LogP contribution in [0.1, 0.15) is 61.8 Å². The van der Waals surface area contributed by atoms with Crippen LogP contribution in [0.2, 0.25) is 0 Å². The van der Waals surface area contributed by atoms with Gasteiger partial charge in [-0.15, -0.1) is 0 Å². The van der Waals surface area contributed by atoms with E-state index in [2.05, 4.69) is 65.6 Å². The molecule has 1 N–H and O–H groups in total. The molecule has 164 valence electrons. The molecular formula is C26H34BBrN2O. The molecule has 2 aliphatic carbocycles. The molecule has 2 heterocycles. The van der Waals surface area contributed by atoms with E-state index in [-0.39, 0.29) is 5.41 Å². The molecule has 1 saturated heterocycles. The molecule has 5 heteroatoms. The van der Waals surface area contributed by atoms with Crippen LogP contribution in [0, 0.1) is 5.41 Å². The summed E-state index contributed by atoms with van der Waals surface area (Å²) in [7, 11) is 2.14. The van der Waals surface area contributed by atoms with Crippen molar-refractivity contribution in [3.05, 3.63) is 57.8 Å². The van der Waals surface area contributed by atoms with Gasteiger partial charge in [-0.1, -0.05) is 46.0 Å². The zero-order valence-electron chi connectivity index (χ0n) is 18.8. The average molecular weight is 481 g/mol. The minimum absolute atomic E-state index is 0.197. The molecule has 31 heavy (non-hydrogen) atoms. The fourth-order valence-electron chi connectivity index (χ4n) is 6.54. The van der Waals surface area contributed by atoms with Crippen LogP contribution in [0.4, 0.5) is 0 Å². The normalized spacial score (nSPS) is 27.3. The van der Waals surface area contributed by atoms with Gasteiger partial charge in [0.05, 0.1) is 0 Å². The van der Waals surface area contributed by atoms with Crippen LogP contribution in [0.15, 0.2) is 41.0 Å². The van der Waals surface area contributed by atoms with Gasteiger partial charge in [-0.25, -0.2) is 0 Å². The van der Waals surface area contributed by atoms with Crippen molar-refractivity contribution >= 4 is 29.2 Å². The third-order valence-corrected chi connectivity index (χ3v) is 9.00. The van der Waals surface area contributed by atoms with Crippen molar-refractivity contribution in [1.82, 2.24) is 10.3 Å². The zero-order valence-corrected chi connectivity index (χ0v) is 20.3. The van der Waals surface area contributed by atoms with Gasteiger partial charge < -0.3 is 10.1 Å². The lowest BCUT2D eigenvalue weighted by molar-refractivity contribution is -0.0262. The number of rotatable bonds is 5. The Labute approximate surface area is 196 Å². The van der Waals surface area contributed by atoms with Crippen LogP contribution in [-0.4, -0.2) is 38.6 Å². The minimum atomic E-state index is 0.197. The van der Waals surface area contributed by atoms with Crippen molar-refractivity contribution in [2.24, 2.45) is 5.41 Å². The highest BCUT2D eigenvalue weighted by Crippen LogP contribution is 2.53. The number of aromatic nitrogens is 1. The van der Waals surface area contributed by atoms with E-state index in [4.69, 9.17) is 9.72 Å². The second kappa shape index (κ2) is 9.00. The van der Waals surface area contributed by atoms with Gasteiger partial charge in [0.15, 0.2) is 0 Å². The topological polar surface area (TPSA) is 34.1 Å². The Morgan fingerprint density at radius 2 is 1.97 bits per heavy atom. The first-order chi connectivity index (χ1) is 15.1. The molecule has 1 aliphatic heterocycles. The van der Waals surface area contributed by atoms with Crippen molar-refractivity contribution < 1.29 is 4.74 Å².